The molecule has 0 amide bonds. The van der Waals surface area contributed by atoms with Gasteiger partial charge in [0.1, 0.15) is 15.9 Å². The second-order valence-corrected chi connectivity index (χ2v) is 15.1. The van der Waals surface area contributed by atoms with Crippen LogP contribution in [-0.2, 0) is 50.0 Å². The highest BCUT2D eigenvalue weighted by atomic mass is 35.5. The zero-order valence-corrected chi connectivity index (χ0v) is 24.2. The molecular weight excluding hydrogens is 571 g/mol. The summed E-state index contributed by atoms with van der Waals surface area (Å²) in [7, 11) is -0.956. The van der Waals surface area contributed by atoms with Gasteiger partial charge in [-0.05, 0) is 62.1 Å². The number of halogens is 1. The van der Waals surface area contributed by atoms with E-state index in [1.54, 1.807) is 44.2 Å². The minimum Gasteiger partial charge on any atom is -0.466 e. The van der Waals surface area contributed by atoms with Gasteiger partial charge < -0.3 is 22.7 Å². The summed E-state index contributed by atoms with van der Waals surface area (Å²) in [6.07, 6.45) is -0.123. The molecule has 1 atom stereocenters. The number of carbonyl (C=O) groups excluding carboxylic acids is 2. The van der Waals surface area contributed by atoms with Crippen molar-refractivity contribution < 1.29 is 40.7 Å². The van der Waals surface area contributed by atoms with E-state index >= 15 is 0 Å². The molecule has 0 bridgehead atoms. The fraction of sp³-hybridized carbons (Fsp3) is 0.364. The number of benzene rings is 2. The van der Waals surface area contributed by atoms with E-state index in [1.165, 1.54) is 38.5 Å². The van der Waals surface area contributed by atoms with E-state index in [0.717, 1.165) is 11.4 Å². The lowest BCUT2D eigenvalue weighted by molar-refractivity contribution is -0.149. The van der Waals surface area contributed by atoms with Gasteiger partial charge in [-0.25, -0.2) is 0 Å². The standard InChI is InChI=1S/C12H9ClO3S.C10H19O6PS2/c13-10-6-8-11(9-7-10)16-17(14,15)12-4-2-1-3-5-12;1-5-15-9(11)7-8(10(12)16-6-2)19-17(18,13-3)14-4/h1-9H;8H,5-7H2,1-4H3. The largest absolute Gasteiger partial charge is 0.466 e. The van der Waals surface area contributed by atoms with Gasteiger partial charge >= 0.3 is 22.1 Å². The quantitative estimate of drug-likeness (QED) is 0.182. The Morgan fingerprint density at radius 1 is 0.972 bits per heavy atom. The van der Waals surface area contributed by atoms with E-state index < -0.39 is 33.0 Å². The van der Waals surface area contributed by atoms with Crippen LogP contribution in [0.1, 0.15) is 20.3 Å². The third kappa shape index (κ3) is 11.6. The Balaban J connectivity index is 0.000000361. The fourth-order valence-electron chi connectivity index (χ4n) is 2.34. The van der Waals surface area contributed by atoms with Crippen LogP contribution in [0.4, 0.5) is 0 Å². The van der Waals surface area contributed by atoms with E-state index in [-0.39, 0.29) is 30.3 Å². The van der Waals surface area contributed by atoms with Crippen LogP contribution in [-0.4, -0.2) is 53.0 Å². The highest BCUT2D eigenvalue weighted by Crippen LogP contribution is 2.62. The molecule has 0 spiro atoms. The monoisotopic (exact) mass is 598 g/mol. The maximum atomic E-state index is 11.8. The molecule has 0 fully saturated rings. The maximum Gasteiger partial charge on any atom is 0.339 e. The Labute approximate surface area is 225 Å². The van der Waals surface area contributed by atoms with Crippen molar-refractivity contribution in [3.05, 3.63) is 59.6 Å². The fourth-order valence-corrected chi connectivity index (χ4v) is 7.28. The van der Waals surface area contributed by atoms with Gasteiger partial charge in [-0.1, -0.05) is 41.2 Å². The highest BCUT2D eigenvalue weighted by Gasteiger charge is 2.32. The first-order chi connectivity index (χ1) is 17.0. The molecule has 0 saturated heterocycles. The highest BCUT2D eigenvalue weighted by molar-refractivity contribution is 8.68. The molecule has 2 rings (SSSR count). The van der Waals surface area contributed by atoms with Crippen molar-refractivity contribution >= 4 is 62.5 Å². The zero-order chi connectivity index (χ0) is 27.2. The average molecular weight is 599 g/mol. The van der Waals surface area contributed by atoms with E-state index in [9.17, 15) is 18.0 Å². The van der Waals surface area contributed by atoms with E-state index in [0.29, 0.717) is 5.02 Å². The Morgan fingerprint density at radius 3 is 2.03 bits per heavy atom. The normalized spacial score (nSPS) is 12.0. The Hall–Kier alpha value is -1.66. The molecule has 2 aromatic carbocycles. The summed E-state index contributed by atoms with van der Waals surface area (Å²) >= 11 is 11.9. The number of hydrogen-bond acceptors (Lipinski definition) is 11. The molecule has 2 aromatic rings. The summed E-state index contributed by atoms with van der Waals surface area (Å²) in [6, 6.07) is 14.1. The molecule has 9 nitrogen and oxygen atoms in total. The zero-order valence-electron chi connectivity index (χ0n) is 20.1. The van der Waals surface area contributed by atoms with Gasteiger partial charge in [-0.3, -0.25) is 9.59 Å². The Morgan fingerprint density at radius 2 is 1.53 bits per heavy atom. The predicted octanol–water partition coefficient (Wildman–Crippen LogP) is 5.23. The first-order valence-corrected chi connectivity index (χ1v) is 16.4. The summed E-state index contributed by atoms with van der Waals surface area (Å²) < 4.78 is 48.5. The molecule has 0 saturated carbocycles. The van der Waals surface area contributed by atoms with Crippen LogP contribution in [0.15, 0.2) is 59.5 Å². The smallest absolute Gasteiger partial charge is 0.339 e. The Bertz CT molecular complexity index is 1110. The third-order valence-electron chi connectivity index (χ3n) is 3.96. The Kier molecular flexibility index (Phi) is 14.6. The van der Waals surface area contributed by atoms with Crippen molar-refractivity contribution in [1.82, 2.24) is 0 Å². The third-order valence-corrected chi connectivity index (χ3v) is 11.3. The van der Waals surface area contributed by atoms with Gasteiger partial charge in [0, 0.05) is 19.2 Å². The topological polar surface area (TPSA) is 114 Å². The minimum atomic E-state index is -3.77. The van der Waals surface area contributed by atoms with Gasteiger partial charge in [-0.15, -0.1) is 0 Å². The number of carbonyl (C=O) groups is 2. The maximum absolute atomic E-state index is 11.8. The molecule has 0 aliphatic rings. The molecule has 1 unspecified atom stereocenters. The van der Waals surface area contributed by atoms with Crippen molar-refractivity contribution in [3.8, 4) is 5.75 Å². The van der Waals surface area contributed by atoms with Crippen molar-refractivity contribution in [3.63, 3.8) is 0 Å². The van der Waals surface area contributed by atoms with Crippen LogP contribution in [0.25, 0.3) is 0 Å². The van der Waals surface area contributed by atoms with Crippen LogP contribution < -0.4 is 4.18 Å². The van der Waals surface area contributed by atoms with Gasteiger partial charge in [0.2, 0.25) is 5.69 Å². The molecule has 14 heteroatoms. The summed E-state index contributed by atoms with van der Waals surface area (Å²) in [5.74, 6) is -0.774. The molecule has 0 aliphatic carbocycles. The summed E-state index contributed by atoms with van der Waals surface area (Å²) in [5, 5.41) is -0.265. The van der Waals surface area contributed by atoms with E-state index in [1.807, 2.05) is 0 Å². The van der Waals surface area contributed by atoms with E-state index in [4.69, 9.17) is 46.1 Å². The summed E-state index contributed by atoms with van der Waals surface area (Å²) in [5.41, 5.74) is -2.65. The van der Waals surface area contributed by atoms with Crippen molar-refractivity contribution in [1.29, 1.82) is 0 Å². The van der Waals surface area contributed by atoms with Crippen LogP contribution in [0.3, 0.4) is 0 Å². The van der Waals surface area contributed by atoms with Crippen LogP contribution >= 0.6 is 28.7 Å². The summed E-state index contributed by atoms with van der Waals surface area (Å²) in [4.78, 5) is 23.4. The molecule has 36 heavy (non-hydrogen) atoms. The number of esters is 2. The molecule has 0 heterocycles. The van der Waals surface area contributed by atoms with Crippen LogP contribution in [0.5, 0.6) is 5.75 Å². The number of hydrogen-bond donors (Lipinski definition) is 0. The second kappa shape index (κ2) is 16.2. The molecule has 0 radical (unpaired) electrons. The lowest BCUT2D eigenvalue weighted by Gasteiger charge is -2.21. The molecular formula is C22H28ClO9PS3. The minimum absolute atomic E-state index is 0.120. The predicted molar refractivity (Wildman–Crippen MR) is 143 cm³/mol. The number of rotatable bonds is 12. The molecule has 0 aromatic heterocycles. The van der Waals surface area contributed by atoms with Crippen LogP contribution in [0, 0.1) is 0 Å². The average Bonchev–Trinajstić information content (AvgIpc) is 2.86. The van der Waals surface area contributed by atoms with Crippen molar-refractivity contribution in [2.24, 2.45) is 0 Å². The first-order valence-electron chi connectivity index (χ1n) is 10.5. The van der Waals surface area contributed by atoms with Crippen molar-refractivity contribution in [2.45, 2.75) is 30.4 Å². The molecule has 200 valence electrons. The first kappa shape index (κ1) is 32.4. The van der Waals surface area contributed by atoms with Crippen LogP contribution in [0.2, 0.25) is 5.02 Å². The molecule has 0 aliphatic heterocycles. The van der Waals surface area contributed by atoms with Gasteiger partial charge in [-0.2, -0.15) is 8.42 Å². The van der Waals surface area contributed by atoms with Gasteiger partial charge in [0.05, 0.1) is 19.6 Å². The molecule has 0 N–H and O–H groups in total. The number of ether oxygens (including phenoxy) is 2. The van der Waals surface area contributed by atoms with Gasteiger partial charge in [0.25, 0.3) is 0 Å². The van der Waals surface area contributed by atoms with Gasteiger partial charge in [0.15, 0.2) is 0 Å². The van der Waals surface area contributed by atoms with E-state index in [2.05, 4.69) is 0 Å². The summed E-state index contributed by atoms with van der Waals surface area (Å²) in [6.45, 7) is 3.86. The van der Waals surface area contributed by atoms with Crippen molar-refractivity contribution in [2.75, 3.05) is 27.4 Å². The SMILES string of the molecule is CCOC(=O)CC(SP(=S)(OC)OC)C(=O)OCC.O=S(=O)(Oc1ccc(Cl)cc1)c1ccccc1. The second-order valence-electron chi connectivity index (χ2n) is 6.47. The lowest BCUT2D eigenvalue weighted by Crippen LogP contribution is -2.24. The lowest BCUT2D eigenvalue weighted by atomic mass is 10.3.